The highest BCUT2D eigenvalue weighted by atomic mass is 16.5. The van der Waals surface area contributed by atoms with Crippen molar-refractivity contribution in [1.82, 2.24) is 0 Å². The summed E-state index contributed by atoms with van der Waals surface area (Å²) in [6.07, 6.45) is 0. The number of anilines is 2. The lowest BCUT2D eigenvalue weighted by atomic mass is 10.0. The van der Waals surface area contributed by atoms with E-state index >= 15 is 0 Å². The van der Waals surface area contributed by atoms with Crippen LogP contribution in [0, 0.1) is 6.92 Å². The van der Waals surface area contributed by atoms with E-state index in [9.17, 15) is 9.59 Å². The van der Waals surface area contributed by atoms with E-state index in [1.807, 2.05) is 31.2 Å². The molecule has 1 aliphatic heterocycles. The number of rotatable bonds is 6. The number of imide groups is 1. The Kier molecular flexibility index (Phi) is 5.45. The number of methoxy groups -OCH3 is 2. The molecule has 0 saturated heterocycles. The van der Waals surface area contributed by atoms with Gasteiger partial charge in [0.1, 0.15) is 17.2 Å². The molecule has 0 unspecified atom stereocenters. The molecule has 4 rings (SSSR count). The minimum atomic E-state index is -0.441. The van der Waals surface area contributed by atoms with E-state index in [2.05, 4.69) is 5.32 Å². The molecule has 0 saturated carbocycles. The first-order valence-corrected chi connectivity index (χ1v) is 9.78. The SMILES string of the molecule is COc1ccc(C2=C(Nc3ccccc3C)C(=O)N(c3ccccc3OC)C2=O)cc1. The Labute approximate surface area is 180 Å². The Hall–Kier alpha value is -4.06. The van der Waals surface area contributed by atoms with Crippen LogP contribution in [0.15, 0.2) is 78.5 Å². The summed E-state index contributed by atoms with van der Waals surface area (Å²) in [7, 11) is 3.08. The van der Waals surface area contributed by atoms with Gasteiger partial charge in [0.25, 0.3) is 11.8 Å². The number of para-hydroxylation sites is 3. The highest BCUT2D eigenvalue weighted by molar-refractivity contribution is 6.46. The van der Waals surface area contributed by atoms with Crippen molar-refractivity contribution in [3.63, 3.8) is 0 Å². The topological polar surface area (TPSA) is 67.9 Å². The lowest BCUT2D eigenvalue weighted by molar-refractivity contribution is -0.120. The molecular formula is C25H22N2O4. The normalized spacial score (nSPS) is 13.6. The molecule has 3 aromatic carbocycles. The summed E-state index contributed by atoms with van der Waals surface area (Å²) < 4.78 is 10.6. The van der Waals surface area contributed by atoms with Crippen molar-refractivity contribution in [2.24, 2.45) is 0 Å². The van der Waals surface area contributed by atoms with Crippen molar-refractivity contribution >= 4 is 28.8 Å². The fraction of sp³-hybridized carbons (Fsp3) is 0.120. The van der Waals surface area contributed by atoms with Crippen LogP contribution in [0.4, 0.5) is 11.4 Å². The molecule has 1 aliphatic rings. The molecule has 0 aromatic heterocycles. The second-order valence-electron chi connectivity index (χ2n) is 7.04. The Morgan fingerprint density at radius 2 is 1.45 bits per heavy atom. The third kappa shape index (κ3) is 3.64. The number of nitrogens with zero attached hydrogens (tertiary/aromatic N) is 1. The fourth-order valence-corrected chi connectivity index (χ4v) is 3.55. The number of amides is 2. The number of ether oxygens (including phenoxy) is 2. The van der Waals surface area contributed by atoms with Crippen LogP contribution in [0.25, 0.3) is 5.57 Å². The van der Waals surface area contributed by atoms with Gasteiger partial charge in [-0.05, 0) is 48.4 Å². The predicted molar refractivity (Wildman–Crippen MR) is 120 cm³/mol. The molecule has 0 spiro atoms. The first-order chi connectivity index (χ1) is 15.0. The quantitative estimate of drug-likeness (QED) is 0.605. The van der Waals surface area contributed by atoms with Crippen molar-refractivity contribution in [1.29, 1.82) is 0 Å². The first kappa shape index (κ1) is 20.2. The highest BCUT2D eigenvalue weighted by Crippen LogP contribution is 2.38. The molecule has 0 bridgehead atoms. The number of aryl methyl sites for hydroxylation is 1. The first-order valence-electron chi connectivity index (χ1n) is 9.78. The van der Waals surface area contributed by atoms with Crippen LogP contribution in [0.3, 0.4) is 0 Å². The lowest BCUT2D eigenvalue weighted by Gasteiger charge is -2.18. The van der Waals surface area contributed by atoms with Gasteiger partial charge in [0, 0.05) is 5.69 Å². The molecule has 0 fully saturated rings. The van der Waals surface area contributed by atoms with E-state index < -0.39 is 11.8 Å². The van der Waals surface area contributed by atoms with Crippen molar-refractivity contribution < 1.29 is 19.1 Å². The minimum absolute atomic E-state index is 0.218. The van der Waals surface area contributed by atoms with Gasteiger partial charge >= 0.3 is 0 Å². The maximum absolute atomic E-state index is 13.5. The van der Waals surface area contributed by atoms with E-state index in [0.29, 0.717) is 28.3 Å². The maximum Gasteiger partial charge on any atom is 0.282 e. The van der Waals surface area contributed by atoms with E-state index in [4.69, 9.17) is 9.47 Å². The third-order valence-electron chi connectivity index (χ3n) is 5.19. The molecular weight excluding hydrogens is 392 g/mol. The molecule has 156 valence electrons. The fourth-order valence-electron chi connectivity index (χ4n) is 3.55. The van der Waals surface area contributed by atoms with Gasteiger partial charge in [-0.3, -0.25) is 9.59 Å². The molecule has 31 heavy (non-hydrogen) atoms. The van der Waals surface area contributed by atoms with Gasteiger partial charge in [-0.2, -0.15) is 0 Å². The zero-order valence-electron chi connectivity index (χ0n) is 17.5. The van der Waals surface area contributed by atoms with Crippen molar-refractivity contribution in [3.8, 4) is 11.5 Å². The van der Waals surface area contributed by atoms with Crippen LogP contribution in [0.1, 0.15) is 11.1 Å². The molecule has 0 aliphatic carbocycles. The average molecular weight is 414 g/mol. The minimum Gasteiger partial charge on any atom is -0.497 e. The van der Waals surface area contributed by atoms with Crippen LogP contribution in [0.2, 0.25) is 0 Å². The molecule has 1 heterocycles. The number of carbonyl (C=O) groups excluding carboxylic acids is 2. The van der Waals surface area contributed by atoms with Gasteiger partial charge in [-0.15, -0.1) is 0 Å². The second kappa shape index (κ2) is 8.36. The molecule has 0 atom stereocenters. The second-order valence-corrected chi connectivity index (χ2v) is 7.04. The Balaban J connectivity index is 1.85. The Bertz CT molecular complexity index is 1180. The standard InChI is InChI=1S/C25H22N2O4/c1-16-8-4-5-9-19(16)26-23-22(17-12-14-18(30-2)15-13-17)24(28)27(25(23)29)20-10-6-7-11-21(20)31-3/h4-15,26H,1-3H3. The lowest BCUT2D eigenvalue weighted by Crippen LogP contribution is -2.32. The van der Waals surface area contributed by atoms with E-state index in [1.165, 1.54) is 7.11 Å². The molecule has 6 heteroatoms. The summed E-state index contributed by atoms with van der Waals surface area (Å²) in [5, 5.41) is 3.20. The molecule has 2 amide bonds. The van der Waals surface area contributed by atoms with Gasteiger partial charge in [-0.1, -0.05) is 42.5 Å². The molecule has 6 nitrogen and oxygen atoms in total. The van der Waals surface area contributed by atoms with Crippen LogP contribution in [-0.4, -0.2) is 26.0 Å². The summed E-state index contributed by atoms with van der Waals surface area (Å²) in [4.78, 5) is 28.2. The van der Waals surface area contributed by atoms with Crippen LogP contribution < -0.4 is 19.7 Å². The zero-order valence-corrected chi connectivity index (χ0v) is 17.5. The van der Waals surface area contributed by atoms with Gasteiger partial charge in [0.05, 0.1) is 25.5 Å². The third-order valence-corrected chi connectivity index (χ3v) is 5.19. The molecule has 1 N–H and O–H groups in total. The monoisotopic (exact) mass is 414 g/mol. The summed E-state index contributed by atoms with van der Waals surface area (Å²) in [5.41, 5.74) is 3.24. The van der Waals surface area contributed by atoms with Gasteiger partial charge in [0.15, 0.2) is 0 Å². The van der Waals surface area contributed by atoms with Crippen LogP contribution >= 0.6 is 0 Å². The average Bonchev–Trinajstić information content (AvgIpc) is 3.04. The number of carbonyl (C=O) groups is 2. The van der Waals surface area contributed by atoms with Gasteiger partial charge in [-0.25, -0.2) is 4.90 Å². The number of benzene rings is 3. The van der Waals surface area contributed by atoms with Crippen LogP contribution in [-0.2, 0) is 9.59 Å². The number of nitrogens with one attached hydrogen (secondary N) is 1. The summed E-state index contributed by atoms with van der Waals surface area (Å²) >= 11 is 0. The largest absolute Gasteiger partial charge is 0.497 e. The number of hydrogen-bond acceptors (Lipinski definition) is 5. The van der Waals surface area contributed by atoms with Crippen LogP contribution in [0.5, 0.6) is 11.5 Å². The summed E-state index contributed by atoms with van der Waals surface area (Å²) in [6.45, 7) is 1.94. The van der Waals surface area contributed by atoms with E-state index in [1.54, 1.807) is 55.6 Å². The van der Waals surface area contributed by atoms with E-state index in [0.717, 1.165) is 16.2 Å². The maximum atomic E-state index is 13.5. The highest BCUT2D eigenvalue weighted by Gasteiger charge is 2.41. The van der Waals surface area contributed by atoms with Gasteiger partial charge < -0.3 is 14.8 Å². The smallest absolute Gasteiger partial charge is 0.282 e. The molecule has 0 radical (unpaired) electrons. The van der Waals surface area contributed by atoms with E-state index in [-0.39, 0.29) is 5.70 Å². The number of hydrogen-bond donors (Lipinski definition) is 1. The van der Waals surface area contributed by atoms with Crippen molar-refractivity contribution in [3.05, 3.63) is 89.6 Å². The van der Waals surface area contributed by atoms with Crippen molar-refractivity contribution in [2.45, 2.75) is 6.92 Å². The van der Waals surface area contributed by atoms with Gasteiger partial charge in [0.2, 0.25) is 0 Å². The zero-order chi connectivity index (χ0) is 22.0. The Morgan fingerprint density at radius 1 is 0.774 bits per heavy atom. The summed E-state index contributed by atoms with van der Waals surface area (Å²) in [6, 6.07) is 21.6. The molecule has 3 aromatic rings. The van der Waals surface area contributed by atoms with Crippen molar-refractivity contribution in [2.75, 3.05) is 24.4 Å². The Morgan fingerprint density at radius 3 is 2.13 bits per heavy atom. The summed E-state index contributed by atoms with van der Waals surface area (Å²) in [5.74, 6) is 0.242. The predicted octanol–water partition coefficient (Wildman–Crippen LogP) is 4.41.